The van der Waals surface area contributed by atoms with Crippen molar-refractivity contribution in [2.45, 2.75) is 13.0 Å². The molecule has 1 aliphatic heterocycles. The van der Waals surface area contributed by atoms with E-state index < -0.39 is 4.92 Å². The van der Waals surface area contributed by atoms with E-state index in [9.17, 15) is 10.1 Å². The first kappa shape index (κ1) is 19.4. The molecule has 1 fully saturated rings. The van der Waals surface area contributed by atoms with Gasteiger partial charge in [0.1, 0.15) is 0 Å². The van der Waals surface area contributed by atoms with Crippen molar-refractivity contribution < 1.29 is 9.34 Å². The lowest BCUT2D eigenvalue weighted by Crippen LogP contribution is -2.47. The van der Waals surface area contributed by atoms with E-state index in [2.05, 4.69) is 20.0 Å². The van der Waals surface area contributed by atoms with E-state index in [-0.39, 0.29) is 11.7 Å². The molecule has 0 saturated carbocycles. The van der Waals surface area contributed by atoms with Gasteiger partial charge in [-0.1, -0.05) is 23.7 Å². The van der Waals surface area contributed by atoms with Crippen LogP contribution in [0.25, 0.3) is 11.5 Å². The van der Waals surface area contributed by atoms with Crippen molar-refractivity contribution in [1.82, 2.24) is 15.1 Å². The van der Waals surface area contributed by atoms with Gasteiger partial charge in [-0.3, -0.25) is 15.0 Å². The highest BCUT2D eigenvalue weighted by atomic mass is 35.5. The third-order valence-electron chi connectivity index (χ3n) is 5.18. The molecule has 8 nitrogen and oxygen atoms in total. The predicted molar refractivity (Wildman–Crippen MR) is 110 cm³/mol. The van der Waals surface area contributed by atoms with E-state index in [1.165, 1.54) is 12.1 Å². The fourth-order valence-electron chi connectivity index (χ4n) is 3.46. The minimum Gasteiger partial charge on any atom is -0.419 e. The van der Waals surface area contributed by atoms with E-state index in [0.29, 0.717) is 17.3 Å². The van der Waals surface area contributed by atoms with E-state index in [4.69, 9.17) is 16.0 Å². The van der Waals surface area contributed by atoms with Gasteiger partial charge in [-0.2, -0.15) is 0 Å². The number of nitrogens with zero attached hydrogens (tertiary/aromatic N) is 5. The fraction of sp³-hybridized carbons (Fsp3) is 0.300. The number of rotatable bonds is 5. The smallest absolute Gasteiger partial charge is 0.269 e. The van der Waals surface area contributed by atoms with Crippen molar-refractivity contribution in [1.29, 1.82) is 0 Å². The first-order valence-electron chi connectivity index (χ1n) is 9.34. The highest BCUT2D eigenvalue weighted by molar-refractivity contribution is 6.33. The molecule has 0 aliphatic carbocycles. The molecule has 2 aromatic carbocycles. The van der Waals surface area contributed by atoms with Crippen LogP contribution < -0.4 is 4.90 Å². The van der Waals surface area contributed by atoms with Crippen LogP contribution in [0.3, 0.4) is 0 Å². The highest BCUT2D eigenvalue weighted by Crippen LogP contribution is 2.29. The molecule has 0 bridgehead atoms. The maximum Gasteiger partial charge on any atom is 0.269 e. The standard InChI is InChI=1S/C20H20ClN5O3/c1-14(24-10-12-25(13-11-24)18-5-3-2-4-17(18)21)19-22-23-20(29-19)15-6-8-16(9-7-15)26(27)28/h2-9,14H,10-13H2,1H3/t14-/m1/s1. The Morgan fingerprint density at radius 2 is 1.76 bits per heavy atom. The number of nitro benzene ring substituents is 1. The highest BCUT2D eigenvalue weighted by Gasteiger charge is 2.26. The second-order valence-corrected chi connectivity index (χ2v) is 7.31. The minimum atomic E-state index is -0.437. The molecule has 1 atom stereocenters. The topological polar surface area (TPSA) is 88.5 Å². The Labute approximate surface area is 172 Å². The lowest BCUT2D eigenvalue weighted by atomic mass is 10.2. The molecule has 0 spiro atoms. The van der Waals surface area contributed by atoms with Gasteiger partial charge in [0.15, 0.2) is 0 Å². The fourth-order valence-corrected chi connectivity index (χ4v) is 3.72. The second-order valence-electron chi connectivity index (χ2n) is 6.90. The molecule has 1 aliphatic rings. The number of halogens is 1. The quantitative estimate of drug-likeness (QED) is 0.457. The number of hydrogen-bond acceptors (Lipinski definition) is 7. The largest absolute Gasteiger partial charge is 0.419 e. The molecule has 0 N–H and O–H groups in total. The maximum atomic E-state index is 10.8. The molecule has 0 amide bonds. The number of hydrogen-bond donors (Lipinski definition) is 0. The second kappa shape index (κ2) is 8.18. The van der Waals surface area contributed by atoms with E-state index in [0.717, 1.165) is 36.9 Å². The zero-order valence-electron chi connectivity index (χ0n) is 15.9. The summed E-state index contributed by atoms with van der Waals surface area (Å²) in [5.41, 5.74) is 1.74. The van der Waals surface area contributed by atoms with Gasteiger partial charge in [0.25, 0.3) is 5.69 Å². The van der Waals surface area contributed by atoms with Crippen LogP contribution in [0.5, 0.6) is 0 Å². The molecular weight excluding hydrogens is 394 g/mol. The Bertz CT molecular complexity index is 999. The Morgan fingerprint density at radius 1 is 1.07 bits per heavy atom. The van der Waals surface area contributed by atoms with Gasteiger partial charge in [-0.05, 0) is 31.2 Å². The molecule has 9 heteroatoms. The van der Waals surface area contributed by atoms with Crippen molar-refractivity contribution in [2.75, 3.05) is 31.1 Å². The summed E-state index contributed by atoms with van der Waals surface area (Å²) in [4.78, 5) is 14.9. The molecule has 4 rings (SSSR count). The molecule has 1 saturated heterocycles. The molecule has 3 aromatic rings. The Hall–Kier alpha value is -2.97. The SMILES string of the molecule is C[C@H](c1nnc(-c2ccc([N+](=O)[O-])cc2)o1)N1CCN(c2ccccc2Cl)CC1. The van der Waals surface area contributed by atoms with E-state index in [1.54, 1.807) is 12.1 Å². The number of piperazine rings is 1. The number of non-ortho nitro benzene ring substituents is 1. The molecule has 0 unspecified atom stereocenters. The third-order valence-corrected chi connectivity index (χ3v) is 5.50. The average molecular weight is 414 g/mol. The lowest BCUT2D eigenvalue weighted by Gasteiger charge is -2.38. The van der Waals surface area contributed by atoms with Crippen LogP contribution in [0, 0.1) is 10.1 Å². The number of benzene rings is 2. The van der Waals surface area contributed by atoms with Gasteiger partial charge >= 0.3 is 0 Å². The van der Waals surface area contributed by atoms with Gasteiger partial charge in [-0.25, -0.2) is 0 Å². The summed E-state index contributed by atoms with van der Waals surface area (Å²) in [6.07, 6.45) is 0. The van der Waals surface area contributed by atoms with E-state index >= 15 is 0 Å². The summed E-state index contributed by atoms with van der Waals surface area (Å²) >= 11 is 6.31. The summed E-state index contributed by atoms with van der Waals surface area (Å²) in [6, 6.07) is 13.9. The zero-order valence-corrected chi connectivity index (χ0v) is 16.6. The molecule has 0 radical (unpaired) electrons. The molecular formula is C20H20ClN5O3. The van der Waals surface area contributed by atoms with Gasteiger partial charge in [0.2, 0.25) is 11.8 Å². The van der Waals surface area contributed by atoms with E-state index in [1.807, 2.05) is 31.2 Å². The number of anilines is 1. The van der Waals surface area contributed by atoms with Crippen molar-refractivity contribution in [3.05, 3.63) is 69.6 Å². The van der Waals surface area contributed by atoms with Crippen LogP contribution in [-0.2, 0) is 0 Å². The van der Waals surface area contributed by atoms with Gasteiger partial charge < -0.3 is 9.32 Å². The third kappa shape index (κ3) is 4.08. The summed E-state index contributed by atoms with van der Waals surface area (Å²) in [7, 11) is 0. The van der Waals surface area contributed by atoms with Crippen LogP contribution in [-0.4, -0.2) is 46.2 Å². The normalized spacial score (nSPS) is 16.0. The first-order valence-corrected chi connectivity index (χ1v) is 9.72. The monoisotopic (exact) mass is 413 g/mol. The van der Waals surface area contributed by atoms with Crippen molar-refractivity contribution in [3.63, 3.8) is 0 Å². The average Bonchev–Trinajstić information content (AvgIpc) is 3.24. The Kier molecular flexibility index (Phi) is 5.46. The van der Waals surface area contributed by atoms with Crippen molar-refractivity contribution >= 4 is 23.0 Å². The molecule has 2 heterocycles. The summed E-state index contributed by atoms with van der Waals surface area (Å²) in [6.45, 7) is 5.45. The molecule has 150 valence electrons. The summed E-state index contributed by atoms with van der Waals surface area (Å²) in [5.74, 6) is 0.890. The van der Waals surface area contributed by atoms with Gasteiger partial charge in [-0.15, -0.1) is 10.2 Å². The van der Waals surface area contributed by atoms with Gasteiger partial charge in [0.05, 0.1) is 21.7 Å². The van der Waals surface area contributed by atoms with Crippen molar-refractivity contribution in [2.24, 2.45) is 0 Å². The number of para-hydroxylation sites is 1. The first-order chi connectivity index (χ1) is 14.0. The van der Waals surface area contributed by atoms with Gasteiger partial charge in [0, 0.05) is 43.9 Å². The van der Waals surface area contributed by atoms with Crippen LogP contribution in [0.2, 0.25) is 5.02 Å². The molecule has 1 aromatic heterocycles. The number of aromatic nitrogens is 2. The summed E-state index contributed by atoms with van der Waals surface area (Å²) < 4.78 is 5.85. The van der Waals surface area contributed by atoms with Crippen molar-refractivity contribution in [3.8, 4) is 11.5 Å². The van der Waals surface area contributed by atoms with Crippen LogP contribution in [0.1, 0.15) is 18.9 Å². The van der Waals surface area contributed by atoms with Crippen LogP contribution in [0.15, 0.2) is 52.9 Å². The summed E-state index contributed by atoms with van der Waals surface area (Å²) in [5, 5.41) is 19.8. The Morgan fingerprint density at radius 3 is 2.41 bits per heavy atom. The Balaban J connectivity index is 1.41. The van der Waals surface area contributed by atoms with Crippen LogP contribution in [0.4, 0.5) is 11.4 Å². The molecule has 29 heavy (non-hydrogen) atoms. The predicted octanol–water partition coefficient (Wildman–Crippen LogP) is 4.18. The lowest BCUT2D eigenvalue weighted by molar-refractivity contribution is -0.384. The maximum absolute atomic E-state index is 10.8. The minimum absolute atomic E-state index is 0.0253. The zero-order chi connectivity index (χ0) is 20.4. The number of nitro groups is 1. The van der Waals surface area contributed by atoms with Crippen LogP contribution >= 0.6 is 11.6 Å².